The number of likely N-dealkylation sites (tertiary alicyclic amines) is 1. The summed E-state index contributed by atoms with van der Waals surface area (Å²) in [6.45, 7) is 8.09. The first-order chi connectivity index (χ1) is 9.63. The van der Waals surface area contributed by atoms with E-state index >= 15 is 0 Å². The van der Waals surface area contributed by atoms with Crippen molar-refractivity contribution in [3.8, 4) is 0 Å². The van der Waals surface area contributed by atoms with E-state index in [9.17, 15) is 4.79 Å². The van der Waals surface area contributed by atoms with Crippen LogP contribution in [0.4, 0.5) is 5.82 Å². The van der Waals surface area contributed by atoms with Crippen LogP contribution in [0.1, 0.15) is 50.5 Å². The Balaban J connectivity index is 2.12. The lowest BCUT2D eigenvalue weighted by molar-refractivity contribution is 0.0695. The SMILES string of the molecule is CCCNc1cncc(C(=O)N2CCCC2C(C)C)n1. The van der Waals surface area contributed by atoms with Crippen molar-refractivity contribution < 1.29 is 4.79 Å². The van der Waals surface area contributed by atoms with Crippen LogP contribution < -0.4 is 5.32 Å². The average molecular weight is 276 g/mol. The van der Waals surface area contributed by atoms with Crippen molar-refractivity contribution >= 4 is 11.7 Å². The van der Waals surface area contributed by atoms with Gasteiger partial charge in [-0.3, -0.25) is 9.78 Å². The van der Waals surface area contributed by atoms with Crippen LogP contribution in [-0.2, 0) is 0 Å². The van der Waals surface area contributed by atoms with E-state index in [1.807, 2.05) is 4.90 Å². The number of hydrogen-bond donors (Lipinski definition) is 1. The first-order valence-electron chi connectivity index (χ1n) is 7.50. The minimum Gasteiger partial charge on any atom is -0.369 e. The fraction of sp³-hybridized carbons (Fsp3) is 0.667. The molecule has 5 nitrogen and oxygen atoms in total. The molecule has 5 heteroatoms. The lowest BCUT2D eigenvalue weighted by Crippen LogP contribution is -2.39. The highest BCUT2D eigenvalue weighted by atomic mass is 16.2. The molecule has 0 aliphatic carbocycles. The molecule has 1 aliphatic heterocycles. The van der Waals surface area contributed by atoms with Gasteiger partial charge in [0.05, 0.1) is 12.4 Å². The molecule has 110 valence electrons. The summed E-state index contributed by atoms with van der Waals surface area (Å²) < 4.78 is 0. The second kappa shape index (κ2) is 6.68. The fourth-order valence-electron chi connectivity index (χ4n) is 2.69. The molecule has 0 aromatic carbocycles. The summed E-state index contributed by atoms with van der Waals surface area (Å²) in [5.74, 6) is 1.17. The number of aromatic nitrogens is 2. The van der Waals surface area contributed by atoms with Crippen LogP contribution in [0, 0.1) is 5.92 Å². The maximum Gasteiger partial charge on any atom is 0.274 e. The summed E-state index contributed by atoms with van der Waals surface area (Å²) in [4.78, 5) is 23.1. The van der Waals surface area contributed by atoms with Crippen LogP contribution >= 0.6 is 0 Å². The molecule has 0 saturated carbocycles. The summed E-state index contributed by atoms with van der Waals surface area (Å²) >= 11 is 0. The third-order valence-corrected chi connectivity index (χ3v) is 3.74. The Bertz CT molecular complexity index is 461. The van der Waals surface area contributed by atoms with E-state index in [2.05, 4.69) is 36.1 Å². The Morgan fingerprint density at radius 2 is 2.30 bits per heavy atom. The van der Waals surface area contributed by atoms with Crippen LogP contribution in [0.25, 0.3) is 0 Å². The normalized spacial score (nSPS) is 18.6. The Labute approximate surface area is 120 Å². The molecule has 2 heterocycles. The van der Waals surface area contributed by atoms with E-state index in [0.29, 0.717) is 23.5 Å². The van der Waals surface area contributed by atoms with Gasteiger partial charge < -0.3 is 10.2 Å². The van der Waals surface area contributed by atoms with Crippen LogP contribution in [-0.4, -0.2) is 39.9 Å². The quantitative estimate of drug-likeness (QED) is 0.898. The van der Waals surface area contributed by atoms with Gasteiger partial charge in [-0.2, -0.15) is 0 Å². The van der Waals surface area contributed by atoms with E-state index in [1.54, 1.807) is 12.4 Å². The monoisotopic (exact) mass is 276 g/mol. The first-order valence-corrected chi connectivity index (χ1v) is 7.50. The number of rotatable bonds is 5. The van der Waals surface area contributed by atoms with Gasteiger partial charge in [0.1, 0.15) is 11.5 Å². The number of anilines is 1. The summed E-state index contributed by atoms with van der Waals surface area (Å²) in [7, 11) is 0. The molecule has 0 radical (unpaired) electrons. The average Bonchev–Trinajstić information content (AvgIpc) is 2.94. The molecule has 1 atom stereocenters. The standard InChI is InChI=1S/C15H24N4O/c1-4-7-17-14-10-16-9-12(18-14)15(20)19-8-5-6-13(19)11(2)3/h9-11,13H,4-8H2,1-3H3,(H,17,18). The number of carbonyl (C=O) groups excluding carboxylic acids is 1. The maximum absolute atomic E-state index is 12.6. The molecule has 0 spiro atoms. The van der Waals surface area contributed by atoms with Crippen molar-refractivity contribution in [1.29, 1.82) is 0 Å². The summed E-state index contributed by atoms with van der Waals surface area (Å²) in [5, 5.41) is 3.17. The van der Waals surface area contributed by atoms with Gasteiger partial charge in [0.15, 0.2) is 0 Å². The third kappa shape index (κ3) is 3.26. The predicted molar refractivity (Wildman–Crippen MR) is 79.7 cm³/mol. The fourth-order valence-corrected chi connectivity index (χ4v) is 2.69. The van der Waals surface area contributed by atoms with Crippen LogP contribution in [0.5, 0.6) is 0 Å². The predicted octanol–water partition coefficient (Wildman–Crippen LogP) is 2.56. The molecule has 1 saturated heterocycles. The van der Waals surface area contributed by atoms with Crippen molar-refractivity contribution in [2.24, 2.45) is 5.92 Å². The van der Waals surface area contributed by atoms with E-state index in [4.69, 9.17) is 0 Å². The maximum atomic E-state index is 12.6. The number of hydrogen-bond acceptors (Lipinski definition) is 4. The van der Waals surface area contributed by atoms with Crippen molar-refractivity contribution in [3.05, 3.63) is 18.1 Å². The molecule has 1 unspecified atom stereocenters. The van der Waals surface area contributed by atoms with Gasteiger partial charge in [-0.1, -0.05) is 20.8 Å². The zero-order valence-corrected chi connectivity index (χ0v) is 12.6. The van der Waals surface area contributed by atoms with E-state index < -0.39 is 0 Å². The van der Waals surface area contributed by atoms with Gasteiger partial charge in [0, 0.05) is 19.1 Å². The Hall–Kier alpha value is -1.65. The van der Waals surface area contributed by atoms with Gasteiger partial charge in [0.2, 0.25) is 0 Å². The van der Waals surface area contributed by atoms with Gasteiger partial charge >= 0.3 is 0 Å². The van der Waals surface area contributed by atoms with Crippen molar-refractivity contribution in [1.82, 2.24) is 14.9 Å². The minimum atomic E-state index is 0.00819. The summed E-state index contributed by atoms with van der Waals surface area (Å²) in [5.41, 5.74) is 0.443. The summed E-state index contributed by atoms with van der Waals surface area (Å²) in [6.07, 6.45) is 6.41. The van der Waals surface area contributed by atoms with Crippen molar-refractivity contribution in [2.45, 2.75) is 46.1 Å². The molecule has 20 heavy (non-hydrogen) atoms. The highest BCUT2D eigenvalue weighted by Gasteiger charge is 2.32. The van der Waals surface area contributed by atoms with Crippen molar-refractivity contribution in [2.75, 3.05) is 18.4 Å². The Morgan fingerprint density at radius 3 is 3.00 bits per heavy atom. The smallest absolute Gasteiger partial charge is 0.274 e. The zero-order valence-electron chi connectivity index (χ0n) is 12.6. The Morgan fingerprint density at radius 1 is 1.50 bits per heavy atom. The molecule has 1 amide bonds. The van der Waals surface area contributed by atoms with Crippen LogP contribution in [0.15, 0.2) is 12.4 Å². The molecule has 1 aromatic heterocycles. The topological polar surface area (TPSA) is 58.1 Å². The molecule has 0 bridgehead atoms. The second-order valence-corrected chi connectivity index (χ2v) is 5.67. The van der Waals surface area contributed by atoms with Crippen molar-refractivity contribution in [3.63, 3.8) is 0 Å². The van der Waals surface area contributed by atoms with Crippen LogP contribution in [0.3, 0.4) is 0 Å². The zero-order chi connectivity index (χ0) is 14.5. The molecular formula is C15H24N4O. The molecule has 1 N–H and O–H groups in total. The Kier molecular flexibility index (Phi) is 4.93. The van der Waals surface area contributed by atoms with E-state index in [1.165, 1.54) is 0 Å². The highest BCUT2D eigenvalue weighted by Crippen LogP contribution is 2.25. The van der Waals surface area contributed by atoms with Gasteiger partial charge in [0.25, 0.3) is 5.91 Å². The first kappa shape index (κ1) is 14.8. The van der Waals surface area contributed by atoms with E-state index in [-0.39, 0.29) is 5.91 Å². The van der Waals surface area contributed by atoms with E-state index in [0.717, 1.165) is 32.4 Å². The van der Waals surface area contributed by atoms with Gasteiger partial charge in [-0.15, -0.1) is 0 Å². The van der Waals surface area contributed by atoms with Gasteiger partial charge in [-0.25, -0.2) is 4.98 Å². The lowest BCUT2D eigenvalue weighted by atomic mass is 10.0. The molecule has 2 rings (SSSR count). The number of nitrogens with zero attached hydrogens (tertiary/aromatic N) is 3. The highest BCUT2D eigenvalue weighted by molar-refractivity contribution is 5.92. The molecule has 1 aromatic rings. The molecule has 1 aliphatic rings. The number of nitrogens with one attached hydrogen (secondary N) is 1. The third-order valence-electron chi connectivity index (χ3n) is 3.74. The number of amides is 1. The van der Waals surface area contributed by atoms with Gasteiger partial charge in [-0.05, 0) is 25.2 Å². The molecule has 1 fully saturated rings. The molecular weight excluding hydrogens is 252 g/mol. The minimum absolute atomic E-state index is 0.00819. The lowest BCUT2D eigenvalue weighted by Gasteiger charge is -2.27. The summed E-state index contributed by atoms with van der Waals surface area (Å²) in [6, 6.07) is 0.330. The van der Waals surface area contributed by atoms with Crippen LogP contribution in [0.2, 0.25) is 0 Å². The second-order valence-electron chi connectivity index (χ2n) is 5.67. The number of carbonyl (C=O) groups is 1. The largest absolute Gasteiger partial charge is 0.369 e.